The van der Waals surface area contributed by atoms with Crippen LogP contribution in [-0.2, 0) is 33.4 Å². The van der Waals surface area contributed by atoms with E-state index in [1.54, 1.807) is 19.1 Å². The third-order valence-corrected chi connectivity index (χ3v) is 6.50. The lowest BCUT2D eigenvalue weighted by Crippen LogP contribution is -2.30. The zero-order valence-corrected chi connectivity index (χ0v) is 27.3. The number of ketones is 2. The van der Waals surface area contributed by atoms with Gasteiger partial charge in [0.15, 0.2) is 23.0 Å². The molecule has 0 aliphatic heterocycles. The molecule has 254 valence electrons. The molecule has 0 aliphatic rings. The van der Waals surface area contributed by atoms with Gasteiger partial charge in [-0.25, -0.2) is 14.4 Å². The number of aryl methyl sites for hydroxylation is 1. The van der Waals surface area contributed by atoms with Gasteiger partial charge in [0.25, 0.3) is 11.8 Å². The summed E-state index contributed by atoms with van der Waals surface area (Å²) in [7, 11) is 3.54. The van der Waals surface area contributed by atoms with Crippen molar-refractivity contribution in [2.24, 2.45) is 10.2 Å². The molecule has 49 heavy (non-hydrogen) atoms. The molecule has 0 bridgehead atoms. The summed E-state index contributed by atoms with van der Waals surface area (Å²) in [5.74, 6) is -5.29. The van der Waals surface area contributed by atoms with Gasteiger partial charge in [-0.2, -0.15) is 10.2 Å². The Morgan fingerprint density at radius 3 is 1.37 bits per heavy atom. The lowest BCUT2D eigenvalue weighted by Gasteiger charge is -2.11. The zero-order valence-electron chi connectivity index (χ0n) is 27.3. The number of methoxy groups -OCH3 is 3. The van der Waals surface area contributed by atoms with Gasteiger partial charge in [-0.1, -0.05) is 6.07 Å². The molecule has 0 spiro atoms. The Morgan fingerprint density at radius 2 is 0.959 bits per heavy atom. The summed E-state index contributed by atoms with van der Waals surface area (Å²) in [6.07, 6.45) is 0. The Kier molecular flexibility index (Phi) is 12.6. The number of carbonyl (C=O) groups is 7. The molecule has 0 heterocycles. The summed E-state index contributed by atoms with van der Waals surface area (Å²) in [6, 6.07) is 14.3. The number of amides is 2. The lowest BCUT2D eigenvalue weighted by atomic mass is 10.1. The minimum atomic E-state index is -0.917. The van der Waals surface area contributed by atoms with Crippen molar-refractivity contribution in [2.75, 3.05) is 42.8 Å². The number of hydrogen-bond acceptors (Lipinski definition) is 14. The molecule has 2 amide bonds. The predicted octanol–water partition coefficient (Wildman–Crippen LogP) is 3.35. The number of nitrogens with zero attached hydrogens (tertiary/aromatic N) is 2. The van der Waals surface area contributed by atoms with Gasteiger partial charge in [-0.05, 0) is 67.1 Å². The van der Waals surface area contributed by atoms with Crippen LogP contribution in [0.3, 0.4) is 0 Å². The quantitative estimate of drug-likeness (QED) is 0.0675. The van der Waals surface area contributed by atoms with Gasteiger partial charge in [0.1, 0.15) is 0 Å². The molecule has 0 atom stereocenters. The molecular formula is C33H32N6O10. The highest BCUT2D eigenvalue weighted by molar-refractivity contribution is 6.67. The number of benzene rings is 3. The fourth-order valence-electron chi connectivity index (χ4n) is 4.04. The Hall–Kier alpha value is -6.71. The van der Waals surface area contributed by atoms with Gasteiger partial charge >= 0.3 is 17.9 Å². The van der Waals surface area contributed by atoms with Crippen LogP contribution in [0.1, 0.15) is 50.5 Å². The number of Topliss-reactive ketones (excluding diaryl/α,β-unsaturated/α-hetero) is 2. The average Bonchev–Trinajstić information content (AvgIpc) is 3.07. The van der Waals surface area contributed by atoms with Crippen molar-refractivity contribution in [3.8, 4) is 0 Å². The highest BCUT2D eigenvalue weighted by Crippen LogP contribution is 2.21. The number of esters is 3. The van der Waals surface area contributed by atoms with Gasteiger partial charge in [0.05, 0.1) is 49.4 Å². The second-order valence-electron chi connectivity index (χ2n) is 10.0. The molecule has 0 aromatic heterocycles. The normalized spacial score (nSPS) is 11.1. The molecule has 16 heteroatoms. The average molecular weight is 673 g/mol. The van der Waals surface area contributed by atoms with Crippen molar-refractivity contribution in [1.82, 2.24) is 0 Å². The highest BCUT2D eigenvalue weighted by atomic mass is 16.5. The molecule has 0 radical (unpaired) electrons. The van der Waals surface area contributed by atoms with Crippen LogP contribution in [0.15, 0.2) is 70.9 Å². The molecule has 0 fully saturated rings. The number of hydrogen-bond donors (Lipinski definition) is 4. The van der Waals surface area contributed by atoms with Gasteiger partial charge < -0.3 is 24.8 Å². The maximum atomic E-state index is 13.0. The molecular weight excluding hydrogens is 640 g/mol. The van der Waals surface area contributed by atoms with Crippen molar-refractivity contribution in [1.29, 1.82) is 0 Å². The Balaban J connectivity index is 1.76. The van der Waals surface area contributed by atoms with Crippen molar-refractivity contribution < 1.29 is 47.8 Å². The minimum Gasteiger partial charge on any atom is -0.465 e. The lowest BCUT2D eigenvalue weighted by molar-refractivity contribution is -0.116. The summed E-state index contributed by atoms with van der Waals surface area (Å²) in [5.41, 5.74) is 5.56. The van der Waals surface area contributed by atoms with Gasteiger partial charge in [-0.15, -0.1) is 0 Å². The molecule has 0 unspecified atom stereocenters. The van der Waals surface area contributed by atoms with E-state index in [4.69, 9.17) is 9.47 Å². The summed E-state index contributed by atoms with van der Waals surface area (Å²) < 4.78 is 14.2. The van der Waals surface area contributed by atoms with E-state index in [0.29, 0.717) is 0 Å². The zero-order chi connectivity index (χ0) is 36.2. The highest BCUT2D eigenvalue weighted by Gasteiger charge is 2.21. The third kappa shape index (κ3) is 9.65. The summed E-state index contributed by atoms with van der Waals surface area (Å²) in [6.45, 7) is 4.02. The van der Waals surface area contributed by atoms with Gasteiger partial charge in [0.2, 0.25) is 0 Å². The number of rotatable bonds is 13. The monoisotopic (exact) mass is 672 g/mol. The van der Waals surface area contributed by atoms with E-state index < -0.39 is 52.7 Å². The number of ether oxygens (including phenoxy) is 3. The van der Waals surface area contributed by atoms with Crippen molar-refractivity contribution >= 4 is 75.5 Å². The first-order chi connectivity index (χ1) is 23.3. The van der Waals surface area contributed by atoms with E-state index in [2.05, 4.69) is 36.4 Å². The molecule has 0 aliphatic carbocycles. The van der Waals surface area contributed by atoms with E-state index >= 15 is 0 Å². The first-order valence-corrected chi connectivity index (χ1v) is 14.2. The molecule has 16 nitrogen and oxygen atoms in total. The molecule has 3 aromatic rings. The smallest absolute Gasteiger partial charge is 0.340 e. The first-order valence-electron chi connectivity index (χ1n) is 14.2. The Morgan fingerprint density at radius 1 is 0.551 bits per heavy atom. The second kappa shape index (κ2) is 16.7. The van der Waals surface area contributed by atoms with E-state index in [-0.39, 0.29) is 39.4 Å². The number of nitrogens with one attached hydrogen (secondary N) is 4. The Bertz CT molecular complexity index is 1880. The number of anilines is 4. The van der Waals surface area contributed by atoms with E-state index in [1.807, 2.05) is 0 Å². The number of hydrazone groups is 2. The summed E-state index contributed by atoms with van der Waals surface area (Å²) >= 11 is 0. The molecule has 0 saturated carbocycles. The van der Waals surface area contributed by atoms with Crippen LogP contribution in [0.25, 0.3) is 0 Å². The molecule has 4 N–H and O–H groups in total. The second-order valence-corrected chi connectivity index (χ2v) is 10.0. The van der Waals surface area contributed by atoms with Crippen LogP contribution in [-0.4, -0.2) is 74.0 Å². The molecule has 3 rings (SSSR count). The van der Waals surface area contributed by atoms with Crippen LogP contribution >= 0.6 is 0 Å². The summed E-state index contributed by atoms with van der Waals surface area (Å²) in [4.78, 5) is 86.7. The van der Waals surface area contributed by atoms with Crippen LogP contribution in [0.5, 0.6) is 0 Å². The van der Waals surface area contributed by atoms with Crippen LogP contribution in [0.4, 0.5) is 22.7 Å². The minimum absolute atomic E-state index is 0.0327. The van der Waals surface area contributed by atoms with Gasteiger partial charge in [0, 0.05) is 25.2 Å². The SMILES string of the molecule is COC(=O)c1ccc(C(=O)OC)c(N/N=C(/C(C)=O)C(=O)Nc2ccc(NC(=O)/C(=N\Nc3cc(C)ccc3C(=O)OC)C(C)=O)cc2)c1. The van der Waals surface area contributed by atoms with E-state index in [9.17, 15) is 33.6 Å². The van der Waals surface area contributed by atoms with Gasteiger partial charge in [-0.3, -0.25) is 30.0 Å². The standard InChI is InChI=1S/C33H32N6O10/c1-17-7-13-23(32(45)48-5)25(15-17)36-38-27(18(2)40)29(42)34-21-9-11-22(12-10-21)35-30(43)28(19(3)41)39-37-26-16-20(31(44)47-4)8-14-24(26)33(46)49-6/h7-16,36-37H,1-6H3,(H,34,42)(H,35,43)/b38-27-,39-28-. The maximum absolute atomic E-state index is 13.0. The van der Waals surface area contributed by atoms with Crippen molar-refractivity contribution in [3.63, 3.8) is 0 Å². The fraction of sp³-hybridized carbons (Fsp3) is 0.182. The Labute approximate surface area is 279 Å². The van der Waals surface area contributed by atoms with Crippen LogP contribution < -0.4 is 21.5 Å². The van der Waals surface area contributed by atoms with Crippen molar-refractivity contribution in [3.05, 3.63) is 82.9 Å². The van der Waals surface area contributed by atoms with Crippen LogP contribution in [0.2, 0.25) is 0 Å². The predicted molar refractivity (Wildman–Crippen MR) is 179 cm³/mol. The summed E-state index contributed by atoms with van der Waals surface area (Å²) in [5, 5.41) is 12.8. The molecule has 0 saturated heterocycles. The van der Waals surface area contributed by atoms with Crippen LogP contribution in [0, 0.1) is 6.92 Å². The van der Waals surface area contributed by atoms with E-state index in [0.717, 1.165) is 26.5 Å². The largest absolute Gasteiger partial charge is 0.465 e. The third-order valence-electron chi connectivity index (χ3n) is 6.50. The molecule has 3 aromatic carbocycles. The maximum Gasteiger partial charge on any atom is 0.340 e. The van der Waals surface area contributed by atoms with Crippen molar-refractivity contribution in [2.45, 2.75) is 20.8 Å². The topological polar surface area (TPSA) is 220 Å². The van der Waals surface area contributed by atoms with E-state index in [1.165, 1.54) is 62.8 Å². The first kappa shape index (κ1) is 36.8. The number of carbonyl (C=O) groups excluding carboxylic acids is 7. The fourth-order valence-corrected chi connectivity index (χ4v) is 4.04.